The highest BCUT2D eigenvalue weighted by molar-refractivity contribution is 9.10. The lowest BCUT2D eigenvalue weighted by atomic mass is 9.93. The second kappa shape index (κ2) is 6.29. The summed E-state index contributed by atoms with van der Waals surface area (Å²) in [5.74, 6) is 0.944. The Morgan fingerprint density at radius 3 is 2.38 bits per heavy atom. The van der Waals surface area contributed by atoms with E-state index >= 15 is 0 Å². The number of imidazole rings is 1. The summed E-state index contributed by atoms with van der Waals surface area (Å²) in [5.41, 5.74) is 4.82. The highest BCUT2D eigenvalue weighted by Gasteiger charge is 2.30. The molecule has 0 spiro atoms. The highest BCUT2D eigenvalue weighted by atomic mass is 79.9. The molecule has 0 saturated heterocycles. The first kappa shape index (κ1) is 15.6. The number of anilines is 1. The van der Waals surface area contributed by atoms with Crippen molar-refractivity contribution in [1.29, 1.82) is 0 Å². The lowest BCUT2D eigenvalue weighted by molar-refractivity contribution is 0.477. The lowest BCUT2D eigenvalue weighted by Crippen LogP contribution is -2.27. The smallest absolute Gasteiger partial charge is 0.204 e. The molecule has 3 nitrogen and oxygen atoms in total. The molecule has 4 heteroatoms. The molecule has 1 aromatic heterocycles. The average Bonchev–Trinajstić information content (AvgIpc) is 3.07. The van der Waals surface area contributed by atoms with E-state index in [4.69, 9.17) is 4.98 Å². The fourth-order valence-electron chi connectivity index (χ4n) is 3.88. The molecule has 2 heterocycles. The van der Waals surface area contributed by atoms with Gasteiger partial charge >= 0.3 is 0 Å². The summed E-state index contributed by atoms with van der Waals surface area (Å²) < 4.78 is 3.45. The van der Waals surface area contributed by atoms with Gasteiger partial charge in [0.25, 0.3) is 0 Å². The molecular weight excluding hydrogens is 386 g/mol. The Hall–Kier alpha value is -2.59. The van der Waals surface area contributed by atoms with Gasteiger partial charge in [-0.3, -0.25) is 0 Å². The number of aromatic nitrogens is 2. The van der Waals surface area contributed by atoms with Gasteiger partial charge in [0.2, 0.25) is 5.95 Å². The zero-order valence-electron chi connectivity index (χ0n) is 14.1. The largest absolute Gasteiger partial charge is 0.349 e. The van der Waals surface area contributed by atoms with Gasteiger partial charge in [0.1, 0.15) is 0 Å². The van der Waals surface area contributed by atoms with Gasteiger partial charge in [0, 0.05) is 4.47 Å². The van der Waals surface area contributed by atoms with Crippen LogP contribution >= 0.6 is 15.9 Å². The third-order valence-electron chi connectivity index (χ3n) is 5.13. The lowest BCUT2D eigenvalue weighted by Gasteiger charge is -2.33. The van der Waals surface area contributed by atoms with Crippen LogP contribution in [0.15, 0.2) is 83.3 Å². The summed E-state index contributed by atoms with van der Waals surface area (Å²) >= 11 is 3.53. The minimum atomic E-state index is 0.234. The maximum Gasteiger partial charge on any atom is 0.204 e. The zero-order chi connectivity index (χ0) is 17.5. The molecule has 0 bridgehead atoms. The minimum absolute atomic E-state index is 0.234. The zero-order valence-corrected chi connectivity index (χ0v) is 15.7. The minimum Gasteiger partial charge on any atom is -0.349 e. The molecule has 3 aromatic carbocycles. The molecule has 1 aliphatic rings. The molecule has 5 rings (SSSR count). The topological polar surface area (TPSA) is 29.9 Å². The number of fused-ring (bicyclic) bond motifs is 3. The van der Waals surface area contributed by atoms with E-state index in [2.05, 4.69) is 98.6 Å². The number of nitrogens with one attached hydrogen (secondary N) is 1. The van der Waals surface area contributed by atoms with Crippen molar-refractivity contribution >= 4 is 32.9 Å². The number of hydrogen-bond acceptors (Lipinski definition) is 2. The van der Waals surface area contributed by atoms with Gasteiger partial charge in [-0.05, 0) is 41.8 Å². The van der Waals surface area contributed by atoms with E-state index in [-0.39, 0.29) is 12.1 Å². The first-order valence-electron chi connectivity index (χ1n) is 8.83. The van der Waals surface area contributed by atoms with Gasteiger partial charge in [-0.15, -0.1) is 0 Å². The van der Waals surface area contributed by atoms with Crippen molar-refractivity contribution in [2.24, 2.45) is 0 Å². The molecule has 0 amide bonds. The maximum atomic E-state index is 4.86. The predicted molar refractivity (Wildman–Crippen MR) is 109 cm³/mol. The van der Waals surface area contributed by atoms with Gasteiger partial charge < -0.3 is 9.88 Å². The van der Waals surface area contributed by atoms with Crippen molar-refractivity contribution in [3.8, 4) is 0 Å². The first-order valence-corrected chi connectivity index (χ1v) is 9.63. The van der Waals surface area contributed by atoms with Crippen molar-refractivity contribution in [2.45, 2.75) is 18.5 Å². The number of hydrogen-bond donors (Lipinski definition) is 1. The number of halogens is 1. The quantitative estimate of drug-likeness (QED) is 0.448. The Morgan fingerprint density at radius 2 is 1.58 bits per heavy atom. The fourth-order valence-corrected chi connectivity index (χ4v) is 4.14. The monoisotopic (exact) mass is 403 g/mol. The highest BCUT2D eigenvalue weighted by Crippen LogP contribution is 2.41. The van der Waals surface area contributed by atoms with E-state index in [1.165, 1.54) is 16.6 Å². The second-order valence-electron chi connectivity index (χ2n) is 6.70. The molecule has 1 aliphatic heterocycles. The van der Waals surface area contributed by atoms with Crippen LogP contribution in [0.4, 0.5) is 5.95 Å². The number of para-hydroxylation sites is 2. The van der Waals surface area contributed by atoms with E-state index < -0.39 is 0 Å². The summed E-state index contributed by atoms with van der Waals surface area (Å²) in [5, 5.41) is 3.66. The molecule has 0 fully saturated rings. The molecule has 0 aliphatic carbocycles. The van der Waals surface area contributed by atoms with Gasteiger partial charge in [-0.2, -0.15) is 0 Å². The van der Waals surface area contributed by atoms with Gasteiger partial charge in [-0.1, -0.05) is 70.5 Å². The van der Waals surface area contributed by atoms with Gasteiger partial charge in [0.05, 0.1) is 23.1 Å². The van der Waals surface area contributed by atoms with E-state index in [0.717, 1.165) is 22.4 Å². The number of rotatable bonds is 2. The summed E-state index contributed by atoms with van der Waals surface area (Å²) in [6, 6.07) is 28.2. The van der Waals surface area contributed by atoms with Crippen molar-refractivity contribution in [2.75, 3.05) is 5.32 Å². The Labute approximate surface area is 160 Å². The van der Waals surface area contributed by atoms with Crippen molar-refractivity contribution in [3.63, 3.8) is 0 Å². The SMILES string of the molecule is Brc1ccc([C@H]2C[C@H](c3ccccc3)n3c(nc4ccccc43)N2)cc1. The molecular formula is C22H18BrN3. The molecule has 0 unspecified atom stereocenters. The van der Waals surface area contributed by atoms with Crippen LogP contribution in [-0.4, -0.2) is 9.55 Å². The summed E-state index contributed by atoms with van der Waals surface area (Å²) in [4.78, 5) is 4.86. The summed E-state index contributed by atoms with van der Waals surface area (Å²) in [6.45, 7) is 0. The third kappa shape index (κ3) is 2.61. The second-order valence-corrected chi connectivity index (χ2v) is 7.62. The van der Waals surface area contributed by atoms with E-state index in [1.54, 1.807) is 0 Å². The average molecular weight is 404 g/mol. The van der Waals surface area contributed by atoms with Crippen LogP contribution in [0.25, 0.3) is 11.0 Å². The molecule has 26 heavy (non-hydrogen) atoms. The van der Waals surface area contributed by atoms with Crippen LogP contribution < -0.4 is 5.32 Å². The van der Waals surface area contributed by atoms with E-state index in [9.17, 15) is 0 Å². The number of nitrogens with zero attached hydrogens (tertiary/aromatic N) is 2. The predicted octanol–water partition coefficient (Wildman–Crippen LogP) is 5.95. The van der Waals surface area contributed by atoms with Crippen LogP contribution in [0, 0.1) is 0 Å². The Kier molecular flexibility index (Phi) is 3.79. The van der Waals surface area contributed by atoms with Crippen molar-refractivity contribution in [3.05, 3.63) is 94.5 Å². The van der Waals surface area contributed by atoms with Crippen molar-refractivity contribution in [1.82, 2.24) is 9.55 Å². The van der Waals surface area contributed by atoms with Crippen LogP contribution in [0.2, 0.25) is 0 Å². The van der Waals surface area contributed by atoms with Crippen LogP contribution in [-0.2, 0) is 0 Å². The van der Waals surface area contributed by atoms with Crippen LogP contribution in [0.3, 0.4) is 0 Å². The molecule has 2 atom stereocenters. The van der Waals surface area contributed by atoms with Gasteiger partial charge in [0.15, 0.2) is 0 Å². The van der Waals surface area contributed by atoms with Crippen molar-refractivity contribution < 1.29 is 0 Å². The summed E-state index contributed by atoms with van der Waals surface area (Å²) in [6.07, 6.45) is 0.985. The standard InChI is InChI=1S/C22H18BrN3/c23-17-12-10-15(11-13-17)19-14-21(16-6-2-1-3-7-16)26-20-9-5-4-8-18(20)24-22(26)25-19/h1-13,19,21H,14H2,(H,24,25)/t19-,21-/m1/s1. The molecule has 0 radical (unpaired) electrons. The van der Waals surface area contributed by atoms with Crippen LogP contribution in [0.5, 0.6) is 0 Å². The van der Waals surface area contributed by atoms with E-state index in [1.807, 2.05) is 6.07 Å². The Balaban J connectivity index is 1.66. The molecule has 128 valence electrons. The van der Waals surface area contributed by atoms with Crippen LogP contribution in [0.1, 0.15) is 29.6 Å². The Bertz CT molecular complexity index is 1050. The third-order valence-corrected chi connectivity index (χ3v) is 5.66. The normalized spacial score (nSPS) is 19.1. The van der Waals surface area contributed by atoms with Gasteiger partial charge in [-0.25, -0.2) is 4.98 Å². The fraction of sp³-hybridized carbons (Fsp3) is 0.136. The molecule has 0 saturated carbocycles. The Morgan fingerprint density at radius 1 is 0.846 bits per heavy atom. The van der Waals surface area contributed by atoms with E-state index in [0.29, 0.717) is 0 Å². The molecule has 1 N–H and O–H groups in total. The summed E-state index contributed by atoms with van der Waals surface area (Å²) in [7, 11) is 0. The first-order chi connectivity index (χ1) is 12.8. The maximum absolute atomic E-state index is 4.86. The number of benzene rings is 3. The molecule has 4 aromatic rings.